The summed E-state index contributed by atoms with van der Waals surface area (Å²) in [6, 6.07) is 0.952. The van der Waals surface area contributed by atoms with Crippen molar-refractivity contribution in [3.05, 3.63) is 43.5 Å². The lowest BCUT2D eigenvalue weighted by molar-refractivity contribution is -0.141. The van der Waals surface area contributed by atoms with E-state index >= 15 is 0 Å². The molecule has 1 aromatic rings. The molecule has 14 heteroatoms. The van der Waals surface area contributed by atoms with Crippen LogP contribution in [0.2, 0.25) is 0 Å². The summed E-state index contributed by atoms with van der Waals surface area (Å²) in [7, 11) is -4.55. The maximum absolute atomic E-state index is 14.6. The highest BCUT2D eigenvalue weighted by molar-refractivity contribution is 7.47. The molecule has 1 aromatic heterocycles. The minimum absolute atomic E-state index is 0.699. The minimum atomic E-state index is -4.55. The third kappa shape index (κ3) is 2.59. The topological polar surface area (TPSA) is 169 Å². The normalized spacial score (nSPS) is 39.5. The van der Waals surface area contributed by atoms with Gasteiger partial charge in [0.15, 0.2) is 12.4 Å². The van der Waals surface area contributed by atoms with Gasteiger partial charge in [0.25, 0.3) is 5.56 Å². The molecule has 2 fully saturated rings. The summed E-state index contributed by atoms with van der Waals surface area (Å²) >= 11 is 0. The predicted molar refractivity (Wildman–Crippen MR) is 68.9 cm³/mol. The molecule has 3 heterocycles. The summed E-state index contributed by atoms with van der Waals surface area (Å²) in [5.74, 6) is 0. The molecular formula is C9H9FN5O7P. The number of aromatic amines is 1. The van der Waals surface area contributed by atoms with Gasteiger partial charge in [-0.1, -0.05) is 5.11 Å². The summed E-state index contributed by atoms with van der Waals surface area (Å²) in [4.78, 5) is 36.5. The standard InChI is InChI=1S/C9H9FN5O7P/c10-5-6-9(13-14-11,3-20-23(18,19)22-6)21-7(5)15-2-1-4(16)12-8(15)17/h1-2,5-7H,3H2,(H,18,19)(H,12,16,17)/t5-,6+,7-,9-/m1/s1. The second-order valence-corrected chi connectivity index (χ2v) is 6.18. The number of ether oxygens (including phenoxy) is 1. The number of azide groups is 1. The minimum Gasteiger partial charge on any atom is -0.337 e. The predicted octanol–water partition coefficient (Wildman–Crippen LogP) is -0.0741. The van der Waals surface area contributed by atoms with Gasteiger partial charge in [-0.05, 0) is 5.53 Å². The molecule has 2 aliphatic rings. The molecular weight excluding hydrogens is 340 g/mol. The Bertz CT molecular complexity index is 849. The van der Waals surface area contributed by atoms with Crippen molar-refractivity contribution in [2.75, 3.05) is 6.61 Å². The molecule has 124 valence electrons. The highest BCUT2D eigenvalue weighted by atomic mass is 31.2. The van der Waals surface area contributed by atoms with Crippen LogP contribution >= 0.6 is 7.82 Å². The van der Waals surface area contributed by atoms with E-state index in [2.05, 4.69) is 19.1 Å². The van der Waals surface area contributed by atoms with Crippen LogP contribution in [0.4, 0.5) is 4.39 Å². The number of nitrogens with zero attached hydrogens (tertiary/aromatic N) is 4. The summed E-state index contributed by atoms with van der Waals surface area (Å²) in [6.45, 7) is -0.746. The van der Waals surface area contributed by atoms with Crippen LogP contribution < -0.4 is 11.2 Å². The molecule has 23 heavy (non-hydrogen) atoms. The van der Waals surface area contributed by atoms with E-state index in [4.69, 9.17) is 10.3 Å². The fourth-order valence-corrected chi connectivity index (χ4v) is 3.34. The Labute approximate surface area is 125 Å². The van der Waals surface area contributed by atoms with Crippen molar-refractivity contribution in [1.29, 1.82) is 0 Å². The smallest absolute Gasteiger partial charge is 0.337 e. The maximum atomic E-state index is 14.6. The number of halogens is 1. The number of H-pyrrole nitrogens is 1. The fraction of sp³-hybridized carbons (Fsp3) is 0.556. The highest BCUT2D eigenvalue weighted by Gasteiger charge is 2.63. The van der Waals surface area contributed by atoms with Crippen LogP contribution in [0.25, 0.3) is 10.4 Å². The molecule has 0 saturated carbocycles. The number of rotatable bonds is 2. The SMILES string of the molecule is [N-]=[N+]=N[C@@]12COP(=O)(O)O[C@H]1[C@@H](F)[C@H](n1ccc(=O)[nH]c1=O)O2. The Hall–Kier alpha value is -2.01. The number of hydrogen-bond acceptors (Lipinski definition) is 7. The first-order chi connectivity index (χ1) is 10.8. The van der Waals surface area contributed by atoms with Crippen LogP contribution in [0.15, 0.2) is 27.0 Å². The third-order valence-electron chi connectivity index (χ3n) is 3.35. The number of phosphoric acid groups is 1. The highest BCUT2D eigenvalue weighted by Crippen LogP contribution is 2.57. The second-order valence-electron chi connectivity index (χ2n) is 4.77. The number of aromatic nitrogens is 2. The Kier molecular flexibility index (Phi) is 3.64. The lowest BCUT2D eigenvalue weighted by Crippen LogP contribution is -2.48. The zero-order valence-electron chi connectivity index (χ0n) is 11.1. The Morgan fingerprint density at radius 2 is 2.35 bits per heavy atom. The number of phosphoric ester groups is 1. The quantitative estimate of drug-likeness (QED) is 0.326. The van der Waals surface area contributed by atoms with E-state index in [0.717, 1.165) is 12.3 Å². The number of hydrogen-bond donors (Lipinski definition) is 2. The lowest BCUT2D eigenvalue weighted by atomic mass is 10.1. The van der Waals surface area contributed by atoms with E-state index in [1.807, 2.05) is 4.98 Å². The zero-order chi connectivity index (χ0) is 16.8. The van der Waals surface area contributed by atoms with E-state index in [0.29, 0.717) is 4.57 Å². The van der Waals surface area contributed by atoms with Gasteiger partial charge in [-0.25, -0.2) is 13.8 Å². The molecule has 1 unspecified atom stereocenters. The molecule has 0 spiro atoms. The average Bonchev–Trinajstić information content (AvgIpc) is 2.73. The number of fused-ring (bicyclic) bond motifs is 1. The summed E-state index contributed by atoms with van der Waals surface area (Å²) in [5.41, 5.74) is 4.87. The largest absolute Gasteiger partial charge is 0.472 e. The zero-order valence-corrected chi connectivity index (χ0v) is 12.0. The molecule has 2 saturated heterocycles. The van der Waals surface area contributed by atoms with Crippen molar-refractivity contribution in [3.8, 4) is 0 Å². The fourth-order valence-electron chi connectivity index (χ4n) is 2.37. The molecule has 0 aliphatic carbocycles. The Balaban J connectivity index is 2.06. The molecule has 5 atom stereocenters. The van der Waals surface area contributed by atoms with Crippen LogP contribution in [0, 0.1) is 0 Å². The van der Waals surface area contributed by atoms with E-state index < -0.39 is 49.9 Å². The maximum Gasteiger partial charge on any atom is 0.472 e. The summed E-state index contributed by atoms with van der Waals surface area (Å²) in [5, 5.41) is 3.26. The van der Waals surface area contributed by atoms with Gasteiger partial charge in [0, 0.05) is 17.2 Å². The molecule has 2 aliphatic heterocycles. The molecule has 0 bridgehead atoms. The summed E-state index contributed by atoms with van der Waals surface area (Å²) in [6.07, 6.45) is -4.60. The number of alkyl halides is 1. The first-order valence-corrected chi connectivity index (χ1v) is 7.63. The third-order valence-corrected chi connectivity index (χ3v) is 4.30. The van der Waals surface area contributed by atoms with Crippen molar-refractivity contribution in [2.24, 2.45) is 5.11 Å². The number of nitrogens with one attached hydrogen (secondary N) is 1. The van der Waals surface area contributed by atoms with Gasteiger partial charge in [-0.2, -0.15) is 0 Å². The molecule has 0 amide bonds. The van der Waals surface area contributed by atoms with Gasteiger partial charge < -0.3 is 9.63 Å². The molecule has 0 aromatic carbocycles. The van der Waals surface area contributed by atoms with Gasteiger partial charge in [-0.3, -0.25) is 23.4 Å². The van der Waals surface area contributed by atoms with Crippen LogP contribution in [-0.2, 0) is 18.3 Å². The van der Waals surface area contributed by atoms with E-state index in [1.165, 1.54) is 0 Å². The molecule has 0 radical (unpaired) electrons. The van der Waals surface area contributed by atoms with Gasteiger partial charge in [0.05, 0.1) is 6.61 Å². The molecule has 3 rings (SSSR count). The van der Waals surface area contributed by atoms with Gasteiger partial charge in [0.1, 0.15) is 6.10 Å². The molecule has 12 nitrogen and oxygen atoms in total. The first-order valence-electron chi connectivity index (χ1n) is 6.13. The van der Waals surface area contributed by atoms with E-state index in [1.54, 1.807) is 0 Å². The monoisotopic (exact) mass is 349 g/mol. The lowest BCUT2D eigenvalue weighted by Gasteiger charge is -2.34. The Morgan fingerprint density at radius 1 is 1.61 bits per heavy atom. The van der Waals surface area contributed by atoms with Crippen molar-refractivity contribution in [2.45, 2.75) is 24.2 Å². The van der Waals surface area contributed by atoms with Gasteiger partial charge >= 0.3 is 13.5 Å². The van der Waals surface area contributed by atoms with Gasteiger partial charge in [-0.15, -0.1) is 0 Å². The Morgan fingerprint density at radius 3 is 3.00 bits per heavy atom. The molecule has 2 N–H and O–H groups in total. The van der Waals surface area contributed by atoms with Crippen LogP contribution in [-0.4, -0.2) is 39.1 Å². The first kappa shape index (κ1) is 15.9. The van der Waals surface area contributed by atoms with Crippen LogP contribution in [0.3, 0.4) is 0 Å². The second kappa shape index (κ2) is 5.27. The van der Waals surface area contributed by atoms with Crippen molar-refractivity contribution in [3.63, 3.8) is 0 Å². The van der Waals surface area contributed by atoms with Crippen molar-refractivity contribution < 1.29 is 27.6 Å². The average molecular weight is 349 g/mol. The van der Waals surface area contributed by atoms with E-state index in [-0.39, 0.29) is 0 Å². The summed E-state index contributed by atoms with van der Waals surface area (Å²) < 4.78 is 41.2. The van der Waals surface area contributed by atoms with E-state index in [9.17, 15) is 23.4 Å². The van der Waals surface area contributed by atoms with Crippen molar-refractivity contribution >= 4 is 7.82 Å². The van der Waals surface area contributed by atoms with Crippen molar-refractivity contribution in [1.82, 2.24) is 9.55 Å². The van der Waals surface area contributed by atoms with Crippen LogP contribution in [0.5, 0.6) is 0 Å². The van der Waals surface area contributed by atoms with Gasteiger partial charge in [0.2, 0.25) is 5.72 Å². The van der Waals surface area contributed by atoms with Crippen LogP contribution in [0.1, 0.15) is 6.23 Å².